The quantitative estimate of drug-likeness (QED) is 0.810. The van der Waals surface area contributed by atoms with E-state index in [1.165, 1.54) is 6.42 Å². The number of carbonyl (C=O) groups is 1. The number of hydrogen-bond acceptors (Lipinski definition) is 3. The number of aromatic nitrogens is 1. The molecule has 132 valence electrons. The Kier molecular flexibility index (Phi) is 6.01. The van der Waals surface area contributed by atoms with Gasteiger partial charge in [0.2, 0.25) is 5.91 Å². The van der Waals surface area contributed by atoms with Crippen LogP contribution in [0.4, 0.5) is 0 Å². The second kappa shape index (κ2) is 8.62. The lowest BCUT2D eigenvalue weighted by Crippen LogP contribution is -2.23. The Morgan fingerprint density at radius 3 is 2.68 bits per heavy atom. The molecule has 0 bridgehead atoms. The van der Waals surface area contributed by atoms with Gasteiger partial charge in [-0.05, 0) is 49.0 Å². The lowest BCUT2D eigenvalue weighted by atomic mass is 10.0. The van der Waals surface area contributed by atoms with Gasteiger partial charge in [-0.2, -0.15) is 0 Å². The van der Waals surface area contributed by atoms with E-state index in [-0.39, 0.29) is 11.5 Å². The highest BCUT2D eigenvalue weighted by atomic mass is 16.1. The molecule has 1 unspecified atom stereocenters. The molecule has 1 atom stereocenters. The number of rotatable bonds is 7. The molecule has 0 spiro atoms. The fraction of sp³-hybridized carbons (Fsp3) is 0.400. The van der Waals surface area contributed by atoms with Crippen molar-refractivity contribution in [3.8, 4) is 0 Å². The van der Waals surface area contributed by atoms with Crippen LogP contribution in [0.5, 0.6) is 0 Å². The molecular formula is C20H25N3O2. The lowest BCUT2D eigenvalue weighted by Gasteiger charge is -2.10. The zero-order chi connectivity index (χ0) is 17.5. The first-order valence-corrected chi connectivity index (χ1v) is 8.91. The fourth-order valence-electron chi connectivity index (χ4n) is 3.14. The Hall–Kier alpha value is -2.40. The number of nitrogens with one attached hydrogen (secondary N) is 2. The van der Waals surface area contributed by atoms with Crippen molar-refractivity contribution in [1.29, 1.82) is 0 Å². The molecule has 3 rings (SSSR count). The van der Waals surface area contributed by atoms with E-state index in [0.29, 0.717) is 25.4 Å². The standard InChI is InChI=1S/C20H25N3O2/c24-19(9-8-17-10-11-21-13-17)22-14-16-4-6-18(7-5-16)15-23-12-2-1-3-20(23)25/h1-7,12,17,21H,8-11,13-15H2,(H,22,24). The van der Waals surface area contributed by atoms with Gasteiger partial charge in [-0.1, -0.05) is 30.3 Å². The van der Waals surface area contributed by atoms with Crippen molar-refractivity contribution in [1.82, 2.24) is 15.2 Å². The monoisotopic (exact) mass is 339 g/mol. The maximum Gasteiger partial charge on any atom is 0.250 e. The summed E-state index contributed by atoms with van der Waals surface area (Å²) in [5.41, 5.74) is 2.13. The van der Waals surface area contributed by atoms with Gasteiger partial charge in [0.1, 0.15) is 0 Å². The second-order valence-corrected chi connectivity index (χ2v) is 6.66. The van der Waals surface area contributed by atoms with Crippen molar-refractivity contribution < 1.29 is 4.79 Å². The van der Waals surface area contributed by atoms with Crippen LogP contribution >= 0.6 is 0 Å². The predicted molar refractivity (Wildman–Crippen MR) is 98.3 cm³/mol. The van der Waals surface area contributed by atoms with E-state index < -0.39 is 0 Å². The molecule has 2 N–H and O–H groups in total. The van der Waals surface area contributed by atoms with Crippen molar-refractivity contribution in [2.24, 2.45) is 5.92 Å². The van der Waals surface area contributed by atoms with Gasteiger partial charge in [0.25, 0.3) is 5.56 Å². The molecule has 1 aromatic carbocycles. The second-order valence-electron chi connectivity index (χ2n) is 6.66. The van der Waals surface area contributed by atoms with Crippen molar-refractivity contribution in [3.63, 3.8) is 0 Å². The molecule has 0 radical (unpaired) electrons. The summed E-state index contributed by atoms with van der Waals surface area (Å²) in [5, 5.41) is 6.31. The van der Waals surface area contributed by atoms with Gasteiger partial charge in [0.05, 0.1) is 6.54 Å². The number of benzene rings is 1. The minimum absolute atomic E-state index is 0.00342. The maximum absolute atomic E-state index is 11.9. The lowest BCUT2D eigenvalue weighted by molar-refractivity contribution is -0.121. The summed E-state index contributed by atoms with van der Waals surface area (Å²) < 4.78 is 1.68. The Bertz CT molecular complexity index is 746. The Labute approximate surface area is 148 Å². The first-order chi connectivity index (χ1) is 12.2. The Balaban J connectivity index is 1.45. The first-order valence-electron chi connectivity index (χ1n) is 8.91. The Morgan fingerprint density at radius 1 is 1.16 bits per heavy atom. The first kappa shape index (κ1) is 17.4. The minimum atomic E-state index is -0.00342. The van der Waals surface area contributed by atoms with E-state index in [1.54, 1.807) is 22.9 Å². The molecular weight excluding hydrogens is 314 g/mol. The van der Waals surface area contributed by atoms with E-state index in [0.717, 1.165) is 30.6 Å². The van der Waals surface area contributed by atoms with Crippen LogP contribution in [0.1, 0.15) is 30.4 Å². The van der Waals surface area contributed by atoms with Crippen molar-refractivity contribution >= 4 is 5.91 Å². The summed E-state index contributed by atoms with van der Waals surface area (Å²) in [6, 6.07) is 13.2. The molecule has 2 aromatic rings. The largest absolute Gasteiger partial charge is 0.352 e. The molecule has 1 amide bonds. The summed E-state index contributed by atoms with van der Waals surface area (Å²) in [6.45, 7) is 3.22. The molecule has 5 heteroatoms. The highest BCUT2D eigenvalue weighted by Crippen LogP contribution is 2.14. The number of nitrogens with zero attached hydrogens (tertiary/aromatic N) is 1. The summed E-state index contributed by atoms with van der Waals surface area (Å²) in [6.07, 6.45) is 4.53. The molecule has 5 nitrogen and oxygen atoms in total. The molecule has 1 aliphatic heterocycles. The van der Waals surface area contributed by atoms with Crippen molar-refractivity contribution in [2.75, 3.05) is 13.1 Å². The van der Waals surface area contributed by atoms with Gasteiger partial charge in [-0.25, -0.2) is 0 Å². The van der Waals surface area contributed by atoms with E-state index in [9.17, 15) is 9.59 Å². The van der Waals surface area contributed by atoms with Crippen LogP contribution < -0.4 is 16.2 Å². The van der Waals surface area contributed by atoms with Gasteiger partial charge in [-0.3, -0.25) is 9.59 Å². The molecule has 0 saturated carbocycles. The SMILES string of the molecule is O=C(CCC1CCNC1)NCc1ccc(Cn2ccccc2=O)cc1. The van der Waals surface area contributed by atoms with Gasteiger partial charge in [-0.15, -0.1) is 0 Å². The van der Waals surface area contributed by atoms with E-state index in [4.69, 9.17) is 0 Å². The smallest absolute Gasteiger partial charge is 0.250 e. The van der Waals surface area contributed by atoms with Gasteiger partial charge >= 0.3 is 0 Å². The van der Waals surface area contributed by atoms with Crippen LogP contribution in [-0.4, -0.2) is 23.6 Å². The van der Waals surface area contributed by atoms with Crippen LogP contribution in [-0.2, 0) is 17.9 Å². The molecule has 2 heterocycles. The van der Waals surface area contributed by atoms with Crippen molar-refractivity contribution in [2.45, 2.75) is 32.4 Å². The van der Waals surface area contributed by atoms with E-state index >= 15 is 0 Å². The van der Waals surface area contributed by atoms with Crippen LogP contribution in [0.2, 0.25) is 0 Å². The third-order valence-corrected chi connectivity index (χ3v) is 4.71. The minimum Gasteiger partial charge on any atom is -0.352 e. The normalized spacial score (nSPS) is 16.7. The summed E-state index contributed by atoms with van der Waals surface area (Å²) >= 11 is 0. The zero-order valence-electron chi connectivity index (χ0n) is 14.4. The van der Waals surface area contributed by atoms with Crippen molar-refractivity contribution in [3.05, 3.63) is 70.1 Å². The average Bonchev–Trinajstić information content (AvgIpc) is 3.15. The molecule has 25 heavy (non-hydrogen) atoms. The molecule has 1 aliphatic rings. The zero-order valence-corrected chi connectivity index (χ0v) is 14.4. The summed E-state index contributed by atoms with van der Waals surface area (Å²) in [7, 11) is 0. The number of pyridine rings is 1. The predicted octanol–water partition coefficient (Wildman–Crippen LogP) is 1.90. The van der Waals surface area contributed by atoms with Gasteiger partial charge in [0, 0.05) is 25.2 Å². The number of amides is 1. The third kappa shape index (κ3) is 5.29. The molecule has 1 saturated heterocycles. The molecule has 1 fully saturated rings. The van der Waals surface area contributed by atoms with Crippen LogP contribution in [0.3, 0.4) is 0 Å². The third-order valence-electron chi connectivity index (χ3n) is 4.71. The fourth-order valence-corrected chi connectivity index (χ4v) is 3.14. The van der Waals surface area contributed by atoms with Crippen LogP contribution in [0.25, 0.3) is 0 Å². The van der Waals surface area contributed by atoms with Gasteiger partial charge < -0.3 is 15.2 Å². The summed E-state index contributed by atoms with van der Waals surface area (Å²) in [5.74, 6) is 0.762. The van der Waals surface area contributed by atoms with Gasteiger partial charge in [0.15, 0.2) is 0 Å². The molecule has 0 aliphatic carbocycles. The summed E-state index contributed by atoms with van der Waals surface area (Å²) in [4.78, 5) is 23.7. The number of hydrogen-bond donors (Lipinski definition) is 2. The topological polar surface area (TPSA) is 63.1 Å². The Morgan fingerprint density at radius 2 is 1.96 bits per heavy atom. The average molecular weight is 339 g/mol. The van der Waals surface area contributed by atoms with E-state index in [1.807, 2.05) is 30.3 Å². The maximum atomic E-state index is 11.9. The highest BCUT2D eigenvalue weighted by Gasteiger charge is 2.15. The van der Waals surface area contributed by atoms with Crippen LogP contribution in [0.15, 0.2) is 53.5 Å². The number of carbonyl (C=O) groups excluding carboxylic acids is 1. The molecule has 1 aromatic heterocycles. The van der Waals surface area contributed by atoms with E-state index in [2.05, 4.69) is 10.6 Å². The highest BCUT2D eigenvalue weighted by molar-refractivity contribution is 5.75. The van der Waals surface area contributed by atoms with Crippen LogP contribution in [0, 0.1) is 5.92 Å².